The standard InChI is InChI=1S/C53H72N8O8S/c1-13-59-43-17-16-34-25-38(43)39(47(59)40-27-54-19-18-35(40)29-68-12)26-53(8,9)30-69-51(67)41-15-14-20-60(56-41)49(65)42(23-33-21-36(34)24-37(62)22-33)55-48(64)45(31(2)3)58(11)44(63)28-57(10)50(66)46-32(4)61(46)70-52(5,6)7/h16-19,21-22,24-25,27,31-32,41-42,45-46,56,62H,13-15,20,23,26,28-30H2,1-12H3,(H,55,64)/t32-,41+,42+,45?,46-,61?/m1/s1. The van der Waals surface area contributed by atoms with Gasteiger partial charge in [0.15, 0.2) is 0 Å². The van der Waals surface area contributed by atoms with Crippen molar-refractivity contribution < 1.29 is 38.6 Å². The molecule has 2 fully saturated rings. The number of aromatic nitrogens is 2. The highest BCUT2D eigenvalue weighted by Crippen LogP contribution is 2.44. The molecule has 4 aromatic rings. The van der Waals surface area contributed by atoms with Crippen LogP contribution in [0, 0.1) is 11.3 Å². The number of cyclic esters (lactones) is 1. The van der Waals surface area contributed by atoms with Crippen molar-refractivity contribution in [1.29, 1.82) is 0 Å². The number of nitrogens with one attached hydrogen (secondary N) is 2. The number of nitrogens with zero attached hydrogens (tertiary/aromatic N) is 6. The fourth-order valence-corrected chi connectivity index (χ4v) is 11.2. The first-order valence-corrected chi connectivity index (χ1v) is 25.2. The van der Waals surface area contributed by atoms with Gasteiger partial charge in [0.2, 0.25) is 17.7 Å². The summed E-state index contributed by atoms with van der Waals surface area (Å²) in [5, 5.41) is 16.7. The third kappa shape index (κ3) is 11.5. The molecule has 2 aromatic carbocycles. The van der Waals surface area contributed by atoms with Crippen molar-refractivity contribution in [2.24, 2.45) is 11.3 Å². The normalized spacial score (nSPS) is 22.0. The van der Waals surface area contributed by atoms with Crippen LogP contribution in [0.2, 0.25) is 0 Å². The number of hydrazine groups is 1. The zero-order valence-electron chi connectivity index (χ0n) is 42.9. The number of aryl methyl sites for hydroxylation is 1. The number of hydrogen-bond donors (Lipinski definition) is 3. The van der Waals surface area contributed by atoms with Crippen LogP contribution in [0.1, 0.15) is 91.8 Å². The van der Waals surface area contributed by atoms with Crippen molar-refractivity contribution in [3.63, 3.8) is 0 Å². The molecule has 0 aliphatic carbocycles. The molecule has 3 N–H and O–H groups in total. The predicted molar refractivity (Wildman–Crippen MR) is 272 cm³/mol. The Labute approximate surface area is 416 Å². The van der Waals surface area contributed by atoms with Crippen LogP contribution < -0.4 is 10.7 Å². The molecule has 2 aromatic heterocycles. The number of rotatable bonds is 12. The highest BCUT2D eigenvalue weighted by Gasteiger charge is 2.52. The Bertz CT molecular complexity index is 2620. The van der Waals surface area contributed by atoms with E-state index in [2.05, 4.69) is 74.0 Å². The molecule has 4 amide bonds. The molecule has 0 spiro atoms. The fraction of sp³-hybridized carbons (Fsp3) is 0.547. The molecule has 2 unspecified atom stereocenters. The number of hydrogen-bond acceptors (Lipinski definition) is 12. The number of amides is 4. The molecule has 2 saturated heterocycles. The monoisotopic (exact) mass is 981 g/mol. The molecular formula is C53H72N8O8S. The number of phenols is 1. The Morgan fingerprint density at radius 1 is 1.09 bits per heavy atom. The van der Waals surface area contributed by atoms with E-state index >= 15 is 0 Å². The van der Waals surface area contributed by atoms with Crippen LogP contribution in [0.25, 0.3) is 33.3 Å². The van der Waals surface area contributed by atoms with E-state index in [1.807, 2.05) is 49.5 Å². The smallest absolute Gasteiger partial charge is 0.324 e. The third-order valence-electron chi connectivity index (χ3n) is 13.4. The van der Waals surface area contributed by atoms with Gasteiger partial charge in [0.05, 0.1) is 25.5 Å². The van der Waals surface area contributed by atoms with Crippen molar-refractivity contribution in [2.45, 2.75) is 136 Å². The number of carbonyl (C=O) groups is 5. The van der Waals surface area contributed by atoms with Gasteiger partial charge in [0.25, 0.3) is 5.91 Å². The molecule has 0 saturated carbocycles. The number of likely N-dealkylation sites (N-methyl/N-ethyl adjacent to an activating group) is 2. The van der Waals surface area contributed by atoms with E-state index in [0.717, 1.165) is 38.9 Å². The first kappa shape index (κ1) is 52.3. The summed E-state index contributed by atoms with van der Waals surface area (Å²) < 4.78 is 16.0. The Morgan fingerprint density at radius 2 is 1.83 bits per heavy atom. The molecule has 0 radical (unpaired) electrons. The topological polar surface area (TPSA) is 179 Å². The van der Waals surface area contributed by atoms with Gasteiger partial charge in [0.1, 0.15) is 29.9 Å². The highest BCUT2D eigenvalue weighted by molar-refractivity contribution is 7.98. The van der Waals surface area contributed by atoms with Crippen LogP contribution in [0.3, 0.4) is 0 Å². The summed E-state index contributed by atoms with van der Waals surface area (Å²) in [4.78, 5) is 78.1. The van der Waals surface area contributed by atoms with E-state index in [1.54, 1.807) is 51.5 Å². The number of ether oxygens (including phenoxy) is 2. The van der Waals surface area contributed by atoms with Crippen molar-refractivity contribution in [1.82, 2.24) is 39.4 Å². The largest absolute Gasteiger partial charge is 0.508 e. The van der Waals surface area contributed by atoms with E-state index in [1.165, 1.54) is 14.8 Å². The molecule has 7 rings (SSSR count). The molecule has 3 aliphatic rings. The molecule has 70 heavy (non-hydrogen) atoms. The summed E-state index contributed by atoms with van der Waals surface area (Å²) in [6, 6.07) is 10.0. The lowest BCUT2D eigenvalue weighted by molar-refractivity contribution is -0.155. The van der Waals surface area contributed by atoms with Crippen LogP contribution in [0.15, 0.2) is 54.9 Å². The van der Waals surface area contributed by atoms with Crippen molar-refractivity contribution >= 4 is 52.4 Å². The summed E-state index contributed by atoms with van der Waals surface area (Å²) in [5.41, 5.74) is 9.69. The molecule has 378 valence electrons. The minimum atomic E-state index is -1.19. The van der Waals surface area contributed by atoms with Crippen molar-refractivity contribution in [3.05, 3.63) is 71.5 Å². The Morgan fingerprint density at radius 3 is 2.51 bits per heavy atom. The van der Waals surface area contributed by atoms with Crippen molar-refractivity contribution in [2.75, 3.05) is 40.9 Å². The number of benzene rings is 2. The SMILES string of the molecule is CCn1c(-c2cnccc2COC)c2c3cc(ccc31)-c1cc(O)cc(c1)C[C@H](NC(=O)C(C(C)C)N(C)C(=O)CN(C)C(=O)[C@H]1[C@@H](C)N1SC(C)(C)C)C(=O)N1CCC[C@H](N1)C(=O)OCC(C)(C)C2. The van der Waals surface area contributed by atoms with Crippen LogP contribution in [-0.2, 0) is 59.4 Å². The minimum absolute atomic E-state index is 0.0176. The number of esters is 1. The number of methoxy groups -OCH3 is 1. The first-order valence-electron chi connectivity index (χ1n) is 24.5. The maximum atomic E-state index is 14.8. The molecule has 17 heteroatoms. The van der Waals surface area contributed by atoms with Crippen LogP contribution in [0.4, 0.5) is 0 Å². The van der Waals surface area contributed by atoms with Crippen molar-refractivity contribution in [3.8, 4) is 28.1 Å². The van der Waals surface area contributed by atoms with Gasteiger partial charge in [-0.15, -0.1) is 0 Å². The maximum absolute atomic E-state index is 14.8. The van der Waals surface area contributed by atoms with E-state index < -0.39 is 47.2 Å². The maximum Gasteiger partial charge on any atom is 0.324 e. The first-order chi connectivity index (χ1) is 33.0. The minimum Gasteiger partial charge on any atom is -0.508 e. The zero-order chi connectivity index (χ0) is 51.0. The number of aromatic hydroxyl groups is 1. The lowest BCUT2D eigenvalue weighted by atomic mass is 9.84. The average Bonchev–Trinajstić information content (AvgIpc) is 3.81. The fourth-order valence-electron chi connectivity index (χ4n) is 9.98. The summed E-state index contributed by atoms with van der Waals surface area (Å²) in [7, 11) is 4.81. The second-order valence-corrected chi connectivity index (χ2v) is 23.2. The summed E-state index contributed by atoms with van der Waals surface area (Å²) in [5.74, 6) is -2.54. The lowest BCUT2D eigenvalue weighted by Crippen LogP contribution is -2.62. The summed E-state index contributed by atoms with van der Waals surface area (Å²) in [6.07, 6.45) is 5.09. The van der Waals surface area contributed by atoms with E-state index in [9.17, 15) is 29.1 Å². The summed E-state index contributed by atoms with van der Waals surface area (Å²) in [6.45, 7) is 19.3. The van der Waals surface area contributed by atoms with Gasteiger partial charge < -0.3 is 34.3 Å². The van der Waals surface area contributed by atoms with Gasteiger partial charge in [0, 0.05) is 85.8 Å². The Balaban J connectivity index is 1.24. The number of pyridine rings is 1. The zero-order valence-corrected chi connectivity index (χ0v) is 43.7. The van der Waals surface area contributed by atoms with Crippen LogP contribution in [-0.4, -0.2) is 139 Å². The van der Waals surface area contributed by atoms with Gasteiger partial charge in [-0.25, -0.2) is 9.73 Å². The molecule has 5 heterocycles. The Kier molecular flexibility index (Phi) is 15.8. The number of phenolic OH excluding ortho intramolecular Hbond substituents is 1. The third-order valence-corrected chi connectivity index (χ3v) is 14.8. The number of carbonyl (C=O) groups excluding carboxylic acids is 5. The Hall–Kier alpha value is -5.49. The second-order valence-electron chi connectivity index (χ2n) is 21.3. The second kappa shape index (κ2) is 21.1. The molecule has 16 nitrogen and oxygen atoms in total. The predicted octanol–water partition coefficient (Wildman–Crippen LogP) is 6.35. The highest BCUT2D eigenvalue weighted by atomic mass is 32.2. The van der Waals surface area contributed by atoms with E-state index in [-0.39, 0.29) is 60.5 Å². The van der Waals surface area contributed by atoms with E-state index in [4.69, 9.17) is 9.47 Å². The molecule has 6 bridgehead atoms. The lowest BCUT2D eigenvalue weighted by Gasteiger charge is -2.37. The molecule has 3 aliphatic heterocycles. The van der Waals surface area contributed by atoms with Gasteiger partial charge in [-0.2, -0.15) is 0 Å². The quantitative estimate of drug-likeness (QED) is 0.0816. The summed E-state index contributed by atoms with van der Waals surface area (Å²) >= 11 is 1.61. The van der Waals surface area contributed by atoms with Crippen LogP contribution in [0.5, 0.6) is 5.75 Å². The van der Waals surface area contributed by atoms with Gasteiger partial charge in [-0.1, -0.05) is 51.8 Å². The molecular weight excluding hydrogens is 909 g/mol. The number of fused-ring (bicyclic) bond motifs is 6. The van der Waals surface area contributed by atoms with Gasteiger partial charge in [-0.3, -0.25) is 34.0 Å². The van der Waals surface area contributed by atoms with Crippen LogP contribution >= 0.6 is 11.9 Å². The van der Waals surface area contributed by atoms with E-state index in [0.29, 0.717) is 43.5 Å². The van der Waals surface area contributed by atoms with Gasteiger partial charge >= 0.3 is 5.97 Å². The molecule has 6 atom stereocenters. The average molecular weight is 981 g/mol. The van der Waals surface area contributed by atoms with Gasteiger partial charge in [-0.05, 0) is 118 Å².